The lowest BCUT2D eigenvalue weighted by Gasteiger charge is -2.32. The summed E-state index contributed by atoms with van der Waals surface area (Å²) >= 11 is 0. The fraction of sp³-hybridized carbons (Fsp3) is 0.700. The van der Waals surface area contributed by atoms with E-state index in [1.165, 1.54) is 0 Å². The predicted octanol–water partition coefficient (Wildman–Crippen LogP) is -1.41. The van der Waals surface area contributed by atoms with Crippen molar-refractivity contribution in [3.8, 4) is 11.8 Å². The molecule has 80 valence electrons. The molecule has 0 bridgehead atoms. The number of quaternary nitrogens is 1. The average molecular weight is 199 g/mol. The summed E-state index contributed by atoms with van der Waals surface area (Å²) in [4.78, 5) is 10.4. The standard InChI is InChI=1S/C10H17NO3/c1-5-6-10(14,7-9(12)13)8-11(2,3)4/h14H,7-8H2,1-4H3. The minimum absolute atomic E-state index is 0.252. The minimum atomic E-state index is -1.49. The Morgan fingerprint density at radius 3 is 2.29 bits per heavy atom. The summed E-state index contributed by atoms with van der Waals surface area (Å²) in [6.45, 7) is 1.82. The molecule has 4 nitrogen and oxygen atoms in total. The number of carboxylic acids is 1. The monoisotopic (exact) mass is 199 g/mol. The summed E-state index contributed by atoms with van der Waals surface area (Å²) in [5, 5.41) is 20.3. The van der Waals surface area contributed by atoms with E-state index in [1.54, 1.807) is 6.92 Å². The maximum Gasteiger partial charge on any atom is 0.179 e. The van der Waals surface area contributed by atoms with E-state index in [0.717, 1.165) is 0 Å². The van der Waals surface area contributed by atoms with Gasteiger partial charge in [-0.05, 0) is 6.92 Å². The first kappa shape index (κ1) is 12.9. The maximum absolute atomic E-state index is 10.4. The molecule has 0 aliphatic rings. The van der Waals surface area contributed by atoms with Gasteiger partial charge in [-0.2, -0.15) is 0 Å². The van der Waals surface area contributed by atoms with Crippen molar-refractivity contribution in [2.24, 2.45) is 0 Å². The van der Waals surface area contributed by atoms with Crippen molar-refractivity contribution in [2.75, 3.05) is 27.7 Å². The molecule has 0 heterocycles. The first-order chi connectivity index (χ1) is 6.18. The molecule has 4 heteroatoms. The first-order valence-corrected chi connectivity index (χ1v) is 4.35. The van der Waals surface area contributed by atoms with Gasteiger partial charge < -0.3 is 19.5 Å². The Labute approximate surface area is 84.7 Å². The van der Waals surface area contributed by atoms with Crippen LogP contribution in [0.3, 0.4) is 0 Å². The summed E-state index contributed by atoms with van der Waals surface area (Å²) in [5.41, 5.74) is -1.49. The van der Waals surface area contributed by atoms with Gasteiger partial charge >= 0.3 is 0 Å². The molecule has 0 fully saturated rings. The molecule has 0 saturated heterocycles. The number of carbonyl (C=O) groups excluding carboxylic acids is 1. The van der Waals surface area contributed by atoms with Crippen LogP contribution in [0.1, 0.15) is 13.3 Å². The van der Waals surface area contributed by atoms with Gasteiger partial charge in [0.2, 0.25) is 0 Å². The lowest BCUT2D eigenvalue weighted by atomic mass is 9.99. The molecule has 0 spiro atoms. The smallest absolute Gasteiger partial charge is 0.179 e. The summed E-state index contributed by atoms with van der Waals surface area (Å²) in [5.74, 6) is 3.76. The lowest BCUT2D eigenvalue weighted by Crippen LogP contribution is -2.51. The summed E-state index contributed by atoms with van der Waals surface area (Å²) in [6, 6.07) is 0. The van der Waals surface area contributed by atoms with Crippen LogP contribution in [-0.2, 0) is 4.79 Å². The van der Waals surface area contributed by atoms with Crippen LogP contribution in [0.5, 0.6) is 0 Å². The van der Waals surface area contributed by atoms with Crippen LogP contribution >= 0.6 is 0 Å². The second-order valence-corrected chi connectivity index (χ2v) is 4.40. The van der Waals surface area contributed by atoms with Gasteiger partial charge in [-0.25, -0.2) is 0 Å². The highest BCUT2D eigenvalue weighted by Crippen LogP contribution is 2.12. The molecule has 0 amide bonds. The van der Waals surface area contributed by atoms with Crippen molar-refractivity contribution in [1.29, 1.82) is 0 Å². The van der Waals surface area contributed by atoms with Crippen molar-refractivity contribution in [2.45, 2.75) is 18.9 Å². The van der Waals surface area contributed by atoms with Gasteiger partial charge in [-0.1, -0.05) is 5.92 Å². The highest BCUT2D eigenvalue weighted by atomic mass is 16.4. The molecule has 0 aromatic carbocycles. The van der Waals surface area contributed by atoms with Gasteiger partial charge in [0.25, 0.3) is 0 Å². The molecule has 1 N–H and O–H groups in total. The molecule has 0 saturated carbocycles. The fourth-order valence-electron chi connectivity index (χ4n) is 1.40. The average Bonchev–Trinajstić information content (AvgIpc) is 1.78. The second-order valence-electron chi connectivity index (χ2n) is 4.40. The zero-order valence-electron chi connectivity index (χ0n) is 9.13. The van der Waals surface area contributed by atoms with Crippen molar-refractivity contribution >= 4 is 5.97 Å². The molecule has 14 heavy (non-hydrogen) atoms. The van der Waals surface area contributed by atoms with Gasteiger partial charge in [0.15, 0.2) is 5.60 Å². The van der Waals surface area contributed by atoms with E-state index >= 15 is 0 Å². The number of aliphatic hydroxyl groups is 1. The van der Waals surface area contributed by atoms with Gasteiger partial charge in [-0.3, -0.25) is 0 Å². The lowest BCUT2D eigenvalue weighted by molar-refractivity contribution is -0.875. The number of likely N-dealkylation sites (N-methyl/N-ethyl adjacent to an activating group) is 1. The third-order valence-electron chi connectivity index (χ3n) is 1.53. The zero-order valence-corrected chi connectivity index (χ0v) is 9.13. The maximum atomic E-state index is 10.4. The Hall–Kier alpha value is -1.05. The van der Waals surface area contributed by atoms with Crippen molar-refractivity contribution < 1.29 is 19.5 Å². The van der Waals surface area contributed by atoms with Crippen LogP contribution in [0.4, 0.5) is 0 Å². The number of carbonyl (C=O) groups is 1. The number of rotatable bonds is 4. The van der Waals surface area contributed by atoms with E-state index in [1.807, 2.05) is 21.1 Å². The van der Waals surface area contributed by atoms with E-state index in [0.29, 0.717) is 4.48 Å². The molecule has 0 aliphatic carbocycles. The zero-order chi connectivity index (χ0) is 11.4. The Kier molecular flexibility index (Phi) is 4.11. The van der Waals surface area contributed by atoms with Crippen molar-refractivity contribution in [3.05, 3.63) is 0 Å². The number of carboxylic acid groups (broad SMARTS) is 1. The Balaban J connectivity index is 4.70. The van der Waals surface area contributed by atoms with Crippen LogP contribution in [-0.4, -0.2) is 48.8 Å². The number of aliphatic carboxylic acids is 1. The van der Waals surface area contributed by atoms with Crippen LogP contribution in [0.25, 0.3) is 0 Å². The van der Waals surface area contributed by atoms with Gasteiger partial charge in [0.05, 0.1) is 21.1 Å². The highest BCUT2D eigenvalue weighted by molar-refractivity contribution is 5.66. The number of hydrogen-bond acceptors (Lipinski definition) is 3. The van der Waals surface area contributed by atoms with Crippen LogP contribution in [0.15, 0.2) is 0 Å². The topological polar surface area (TPSA) is 60.4 Å². The Bertz CT molecular complexity index is 269. The highest BCUT2D eigenvalue weighted by Gasteiger charge is 2.31. The first-order valence-electron chi connectivity index (χ1n) is 4.35. The molecule has 0 aromatic heterocycles. The van der Waals surface area contributed by atoms with E-state index in [4.69, 9.17) is 0 Å². The van der Waals surface area contributed by atoms with E-state index < -0.39 is 18.0 Å². The van der Waals surface area contributed by atoms with Crippen molar-refractivity contribution in [1.82, 2.24) is 0 Å². The normalized spacial score (nSPS) is 15.2. The quantitative estimate of drug-likeness (QED) is 0.447. The SMILES string of the molecule is CC#CC(O)(CC(=O)[O-])C[N+](C)(C)C. The van der Waals surface area contributed by atoms with E-state index in [2.05, 4.69) is 11.8 Å². The summed E-state index contributed by atoms with van der Waals surface area (Å²) in [6.07, 6.45) is -0.455. The Morgan fingerprint density at radius 2 is 2.00 bits per heavy atom. The third kappa shape index (κ3) is 5.57. The summed E-state index contributed by atoms with van der Waals surface area (Å²) in [7, 11) is 5.58. The predicted molar refractivity (Wildman–Crippen MR) is 50.9 cm³/mol. The van der Waals surface area contributed by atoms with Crippen LogP contribution in [0.2, 0.25) is 0 Å². The summed E-state index contributed by atoms with van der Waals surface area (Å²) < 4.78 is 0.443. The second kappa shape index (κ2) is 4.45. The van der Waals surface area contributed by atoms with Crippen LogP contribution in [0, 0.1) is 11.8 Å². The molecule has 0 aromatic rings. The molecule has 0 radical (unpaired) electrons. The Morgan fingerprint density at radius 1 is 1.50 bits per heavy atom. The van der Waals surface area contributed by atoms with Gasteiger partial charge in [-0.15, -0.1) is 5.92 Å². The van der Waals surface area contributed by atoms with E-state index in [9.17, 15) is 15.0 Å². The number of hydrogen-bond donors (Lipinski definition) is 1. The van der Waals surface area contributed by atoms with Gasteiger partial charge in [0, 0.05) is 12.4 Å². The minimum Gasteiger partial charge on any atom is -0.550 e. The van der Waals surface area contributed by atoms with Crippen molar-refractivity contribution in [3.63, 3.8) is 0 Å². The van der Waals surface area contributed by atoms with E-state index in [-0.39, 0.29) is 6.54 Å². The molecule has 0 aliphatic heterocycles. The molecular formula is C10H17NO3. The molecule has 1 unspecified atom stereocenters. The van der Waals surface area contributed by atoms with Gasteiger partial charge in [0.1, 0.15) is 6.54 Å². The largest absolute Gasteiger partial charge is 0.550 e. The molecule has 0 rings (SSSR count). The van der Waals surface area contributed by atoms with Crippen LogP contribution < -0.4 is 5.11 Å². The number of nitrogens with zero attached hydrogens (tertiary/aromatic N) is 1. The fourth-order valence-corrected chi connectivity index (χ4v) is 1.40. The third-order valence-corrected chi connectivity index (χ3v) is 1.53. The molecular weight excluding hydrogens is 182 g/mol. The molecule has 1 atom stereocenters.